The van der Waals surface area contributed by atoms with Gasteiger partial charge in [-0.05, 0) is 25.0 Å². The van der Waals surface area contributed by atoms with Crippen molar-refractivity contribution in [3.05, 3.63) is 23.9 Å². The second-order valence-corrected chi connectivity index (χ2v) is 2.22. The predicted molar refractivity (Wildman–Crippen MR) is 44.0 cm³/mol. The minimum atomic E-state index is 0.706. The highest BCUT2D eigenvalue weighted by atomic mass is 14.7. The van der Waals surface area contributed by atoms with Gasteiger partial charge in [0, 0.05) is 12.4 Å². The number of hydrogen-bond acceptors (Lipinski definition) is 2. The minimum Gasteiger partial charge on any atom is -0.330 e. The first-order valence-corrected chi connectivity index (χ1v) is 3.51. The van der Waals surface area contributed by atoms with Crippen molar-refractivity contribution < 1.29 is 0 Å². The molecule has 0 aliphatic carbocycles. The molecule has 0 fully saturated rings. The van der Waals surface area contributed by atoms with Crippen molar-refractivity contribution in [2.45, 2.75) is 12.8 Å². The van der Waals surface area contributed by atoms with Crippen molar-refractivity contribution in [3.8, 4) is 0 Å². The van der Waals surface area contributed by atoms with Gasteiger partial charge in [0.15, 0.2) is 0 Å². The zero-order valence-corrected chi connectivity index (χ0v) is 5.96. The maximum atomic E-state index is 5.39. The molecular formula is C8H12N2. The molecule has 0 aromatic heterocycles. The Bertz CT molecular complexity index is 178. The Morgan fingerprint density at radius 1 is 1.60 bits per heavy atom. The lowest BCUT2D eigenvalue weighted by Gasteiger charge is -1.94. The van der Waals surface area contributed by atoms with Crippen LogP contribution in [0.5, 0.6) is 0 Å². The summed E-state index contributed by atoms with van der Waals surface area (Å²) in [6.07, 6.45) is 9.79. The molecule has 0 spiro atoms. The Morgan fingerprint density at radius 2 is 2.50 bits per heavy atom. The first kappa shape index (κ1) is 7.22. The molecular weight excluding hydrogens is 124 g/mol. The normalized spacial score (nSPS) is 16.7. The van der Waals surface area contributed by atoms with Crippen LogP contribution in [0, 0.1) is 0 Å². The molecule has 0 atom stereocenters. The van der Waals surface area contributed by atoms with Crippen LogP contribution in [-0.2, 0) is 0 Å². The van der Waals surface area contributed by atoms with Gasteiger partial charge >= 0.3 is 0 Å². The van der Waals surface area contributed by atoms with Gasteiger partial charge < -0.3 is 5.73 Å². The van der Waals surface area contributed by atoms with Crippen molar-refractivity contribution >= 4 is 6.21 Å². The van der Waals surface area contributed by atoms with Crippen molar-refractivity contribution in [1.82, 2.24) is 0 Å². The van der Waals surface area contributed by atoms with Crippen LogP contribution in [0.2, 0.25) is 0 Å². The first-order chi connectivity index (χ1) is 4.93. The highest BCUT2D eigenvalue weighted by Crippen LogP contribution is 2.02. The second-order valence-electron chi connectivity index (χ2n) is 2.22. The molecule has 1 rings (SSSR count). The van der Waals surface area contributed by atoms with Crippen molar-refractivity contribution in [2.75, 3.05) is 6.54 Å². The molecule has 54 valence electrons. The third-order valence-electron chi connectivity index (χ3n) is 1.38. The third kappa shape index (κ3) is 2.15. The Hall–Kier alpha value is -0.890. The maximum Gasteiger partial charge on any atom is 0.0297 e. The molecule has 1 aliphatic heterocycles. The fourth-order valence-electron chi connectivity index (χ4n) is 0.866. The predicted octanol–water partition coefficient (Wildman–Crippen LogP) is 1.25. The van der Waals surface area contributed by atoms with E-state index in [1.807, 2.05) is 18.5 Å². The number of nitrogens with zero attached hydrogens (tertiary/aromatic N) is 1. The molecule has 0 bridgehead atoms. The molecule has 0 radical (unpaired) electrons. The van der Waals surface area contributed by atoms with E-state index in [2.05, 4.69) is 11.1 Å². The van der Waals surface area contributed by atoms with Crippen LogP contribution in [0.3, 0.4) is 0 Å². The van der Waals surface area contributed by atoms with Gasteiger partial charge in [-0.25, -0.2) is 0 Å². The highest BCUT2D eigenvalue weighted by molar-refractivity contribution is 5.79. The monoisotopic (exact) mass is 136 g/mol. The lowest BCUT2D eigenvalue weighted by atomic mass is 10.2. The smallest absolute Gasteiger partial charge is 0.0297 e. The largest absolute Gasteiger partial charge is 0.330 e. The van der Waals surface area contributed by atoms with Crippen LogP contribution in [-0.4, -0.2) is 12.8 Å². The number of aliphatic imine (C=N–C) groups is 1. The number of nitrogens with two attached hydrogens (primary N) is 1. The van der Waals surface area contributed by atoms with Crippen LogP contribution in [0.1, 0.15) is 12.8 Å². The van der Waals surface area contributed by atoms with E-state index in [4.69, 9.17) is 5.73 Å². The summed E-state index contributed by atoms with van der Waals surface area (Å²) in [7, 11) is 0. The SMILES string of the molecule is NCCC1=CCC=CN=C1. The minimum absolute atomic E-state index is 0.706. The molecule has 10 heavy (non-hydrogen) atoms. The van der Waals surface area contributed by atoms with Crippen LogP contribution in [0.15, 0.2) is 28.9 Å². The Labute approximate surface area is 61.1 Å². The molecule has 2 nitrogen and oxygen atoms in total. The molecule has 0 amide bonds. The lowest BCUT2D eigenvalue weighted by Crippen LogP contribution is -2.00. The van der Waals surface area contributed by atoms with Gasteiger partial charge in [0.1, 0.15) is 0 Å². The quantitative estimate of drug-likeness (QED) is 0.609. The summed E-state index contributed by atoms with van der Waals surface area (Å²) in [6.45, 7) is 0.706. The average Bonchev–Trinajstić information content (AvgIpc) is 2.17. The van der Waals surface area contributed by atoms with E-state index in [0.717, 1.165) is 12.8 Å². The van der Waals surface area contributed by atoms with E-state index >= 15 is 0 Å². The van der Waals surface area contributed by atoms with Crippen molar-refractivity contribution in [3.63, 3.8) is 0 Å². The Balaban J connectivity index is 2.51. The summed E-state index contributed by atoms with van der Waals surface area (Å²) in [5, 5.41) is 0. The van der Waals surface area contributed by atoms with Gasteiger partial charge in [-0.3, -0.25) is 4.99 Å². The molecule has 1 aliphatic rings. The summed E-state index contributed by atoms with van der Waals surface area (Å²) < 4.78 is 0. The number of hydrogen-bond donors (Lipinski definition) is 1. The molecule has 2 heteroatoms. The van der Waals surface area contributed by atoms with E-state index in [-0.39, 0.29) is 0 Å². The third-order valence-corrected chi connectivity index (χ3v) is 1.38. The molecule has 0 aromatic rings. The van der Waals surface area contributed by atoms with E-state index in [9.17, 15) is 0 Å². The van der Waals surface area contributed by atoms with E-state index in [1.54, 1.807) is 0 Å². The van der Waals surface area contributed by atoms with E-state index in [0.29, 0.717) is 6.54 Å². The molecule has 0 unspecified atom stereocenters. The summed E-state index contributed by atoms with van der Waals surface area (Å²) >= 11 is 0. The Kier molecular flexibility index (Phi) is 2.90. The fraction of sp³-hybridized carbons (Fsp3) is 0.375. The van der Waals surface area contributed by atoms with Gasteiger partial charge in [0.05, 0.1) is 0 Å². The van der Waals surface area contributed by atoms with Crippen molar-refractivity contribution in [1.29, 1.82) is 0 Å². The fourth-order valence-corrected chi connectivity index (χ4v) is 0.866. The first-order valence-electron chi connectivity index (χ1n) is 3.51. The molecule has 0 aromatic carbocycles. The molecule has 1 heterocycles. The Morgan fingerprint density at radius 3 is 3.30 bits per heavy atom. The lowest BCUT2D eigenvalue weighted by molar-refractivity contribution is 0.982. The van der Waals surface area contributed by atoms with Gasteiger partial charge in [-0.1, -0.05) is 12.2 Å². The van der Waals surface area contributed by atoms with Crippen LogP contribution in [0.4, 0.5) is 0 Å². The van der Waals surface area contributed by atoms with Crippen LogP contribution in [0.25, 0.3) is 0 Å². The van der Waals surface area contributed by atoms with Crippen LogP contribution < -0.4 is 5.73 Å². The van der Waals surface area contributed by atoms with Crippen molar-refractivity contribution in [2.24, 2.45) is 10.7 Å². The average molecular weight is 136 g/mol. The molecule has 0 saturated carbocycles. The number of allylic oxidation sites excluding steroid dienone is 2. The summed E-state index contributed by atoms with van der Waals surface area (Å²) in [6, 6.07) is 0. The zero-order chi connectivity index (χ0) is 7.23. The summed E-state index contributed by atoms with van der Waals surface area (Å²) in [5.74, 6) is 0. The zero-order valence-electron chi connectivity index (χ0n) is 5.96. The van der Waals surface area contributed by atoms with Crippen LogP contribution >= 0.6 is 0 Å². The van der Waals surface area contributed by atoms with E-state index in [1.165, 1.54) is 5.57 Å². The van der Waals surface area contributed by atoms with Gasteiger partial charge in [-0.2, -0.15) is 0 Å². The van der Waals surface area contributed by atoms with Gasteiger partial charge in [-0.15, -0.1) is 0 Å². The highest BCUT2D eigenvalue weighted by Gasteiger charge is 1.91. The maximum absolute atomic E-state index is 5.39. The topological polar surface area (TPSA) is 38.4 Å². The van der Waals surface area contributed by atoms with E-state index < -0.39 is 0 Å². The molecule has 2 N–H and O–H groups in total. The number of rotatable bonds is 2. The molecule has 0 saturated heterocycles. The summed E-state index contributed by atoms with van der Waals surface area (Å²) in [5.41, 5.74) is 6.63. The summed E-state index contributed by atoms with van der Waals surface area (Å²) in [4.78, 5) is 4.04. The second kappa shape index (κ2) is 4.01. The van der Waals surface area contributed by atoms with Gasteiger partial charge in [0.25, 0.3) is 0 Å². The van der Waals surface area contributed by atoms with Gasteiger partial charge in [0.2, 0.25) is 0 Å². The standard InChI is InChI=1S/C8H12N2/c9-5-4-8-3-1-2-6-10-7-8/h2-3,6-7H,1,4-5,9H2.